The highest BCUT2D eigenvalue weighted by atomic mass is 16.2. The zero-order chi connectivity index (χ0) is 14.8. The number of amides is 1. The van der Waals surface area contributed by atoms with Crippen LogP contribution in [0.5, 0.6) is 0 Å². The van der Waals surface area contributed by atoms with Crippen molar-refractivity contribution in [3.05, 3.63) is 29.3 Å². The Hall–Kier alpha value is -1.39. The smallest absolute Gasteiger partial charge is 0.238 e. The molecule has 0 aliphatic carbocycles. The number of anilines is 1. The largest absolute Gasteiger partial charge is 0.325 e. The maximum absolute atomic E-state index is 12.2. The second-order valence-electron chi connectivity index (χ2n) is 6.50. The molecular weight excluding hydrogens is 262 g/mol. The van der Waals surface area contributed by atoms with Gasteiger partial charge < -0.3 is 10.6 Å². The second kappa shape index (κ2) is 6.16. The van der Waals surface area contributed by atoms with Gasteiger partial charge in [0.1, 0.15) is 0 Å². The van der Waals surface area contributed by atoms with Crippen molar-refractivity contribution in [3.63, 3.8) is 0 Å². The molecule has 1 aromatic carbocycles. The zero-order valence-electron chi connectivity index (χ0n) is 13.0. The van der Waals surface area contributed by atoms with Gasteiger partial charge >= 0.3 is 0 Å². The lowest BCUT2D eigenvalue weighted by Crippen LogP contribution is -2.46. The Morgan fingerprint density at radius 2 is 2.24 bits per heavy atom. The Balaban J connectivity index is 1.54. The molecule has 114 valence electrons. The molecule has 0 saturated carbocycles. The van der Waals surface area contributed by atoms with Crippen LogP contribution < -0.4 is 10.6 Å². The first kappa shape index (κ1) is 14.5. The highest BCUT2D eigenvalue weighted by Gasteiger charge is 2.32. The van der Waals surface area contributed by atoms with Gasteiger partial charge in [-0.15, -0.1) is 0 Å². The molecule has 2 heterocycles. The molecule has 4 heteroatoms. The summed E-state index contributed by atoms with van der Waals surface area (Å²) < 4.78 is 0. The lowest BCUT2D eigenvalue weighted by atomic mass is 9.93. The van der Waals surface area contributed by atoms with Crippen LogP contribution in [0.15, 0.2) is 18.2 Å². The first-order valence-electron chi connectivity index (χ1n) is 7.94. The van der Waals surface area contributed by atoms with Crippen LogP contribution in [0.1, 0.15) is 24.0 Å². The SMILES string of the molecule is Cc1ccc(NC(=O)CN2CCC3NCCC3C2)c(C)c1. The molecule has 2 saturated heterocycles. The van der Waals surface area contributed by atoms with Gasteiger partial charge in [0.25, 0.3) is 0 Å². The number of carbonyl (C=O) groups excluding carboxylic acids is 1. The predicted octanol–water partition coefficient (Wildman–Crippen LogP) is 1.93. The van der Waals surface area contributed by atoms with Crippen LogP contribution in [-0.2, 0) is 4.79 Å². The minimum Gasteiger partial charge on any atom is -0.325 e. The summed E-state index contributed by atoms with van der Waals surface area (Å²) in [5.41, 5.74) is 3.28. The van der Waals surface area contributed by atoms with E-state index in [9.17, 15) is 4.79 Å². The maximum atomic E-state index is 12.2. The Bertz CT molecular complexity index is 529. The highest BCUT2D eigenvalue weighted by molar-refractivity contribution is 5.93. The third kappa shape index (κ3) is 3.44. The molecule has 2 aliphatic rings. The molecular formula is C17H25N3O. The van der Waals surface area contributed by atoms with Crippen molar-refractivity contribution in [1.29, 1.82) is 0 Å². The summed E-state index contributed by atoms with van der Waals surface area (Å²) in [4.78, 5) is 14.5. The van der Waals surface area contributed by atoms with Gasteiger partial charge in [-0.25, -0.2) is 0 Å². The quantitative estimate of drug-likeness (QED) is 0.893. The van der Waals surface area contributed by atoms with Crippen molar-refractivity contribution in [3.8, 4) is 0 Å². The highest BCUT2D eigenvalue weighted by Crippen LogP contribution is 2.24. The van der Waals surface area contributed by atoms with Gasteiger partial charge in [-0.2, -0.15) is 0 Å². The number of benzene rings is 1. The molecule has 0 aromatic heterocycles. The van der Waals surface area contributed by atoms with E-state index in [0.29, 0.717) is 12.6 Å². The Kier molecular flexibility index (Phi) is 4.27. The molecule has 0 radical (unpaired) electrons. The molecule has 4 nitrogen and oxygen atoms in total. The van der Waals surface area contributed by atoms with Gasteiger partial charge in [0.2, 0.25) is 5.91 Å². The Morgan fingerprint density at radius 3 is 3.05 bits per heavy atom. The number of aryl methyl sites for hydroxylation is 2. The van der Waals surface area contributed by atoms with E-state index in [-0.39, 0.29) is 5.91 Å². The molecule has 1 amide bonds. The minimum atomic E-state index is 0.103. The third-order valence-corrected chi connectivity index (χ3v) is 4.76. The maximum Gasteiger partial charge on any atom is 0.238 e. The molecule has 0 spiro atoms. The lowest BCUT2D eigenvalue weighted by molar-refractivity contribution is -0.117. The van der Waals surface area contributed by atoms with Crippen molar-refractivity contribution in [2.24, 2.45) is 5.92 Å². The summed E-state index contributed by atoms with van der Waals surface area (Å²) in [6, 6.07) is 6.82. The van der Waals surface area contributed by atoms with Gasteiger partial charge in [-0.1, -0.05) is 17.7 Å². The van der Waals surface area contributed by atoms with Crippen molar-refractivity contribution < 1.29 is 4.79 Å². The summed E-state index contributed by atoms with van der Waals surface area (Å²) >= 11 is 0. The van der Waals surface area contributed by atoms with Gasteiger partial charge in [0.05, 0.1) is 6.54 Å². The van der Waals surface area contributed by atoms with Gasteiger partial charge in [0.15, 0.2) is 0 Å². The number of carbonyl (C=O) groups is 1. The zero-order valence-corrected chi connectivity index (χ0v) is 13.0. The van der Waals surface area contributed by atoms with Crippen LogP contribution in [-0.4, -0.2) is 43.0 Å². The van der Waals surface area contributed by atoms with Crippen LogP contribution in [0, 0.1) is 19.8 Å². The van der Waals surface area contributed by atoms with Crippen LogP contribution in [0.2, 0.25) is 0 Å². The molecule has 2 atom stereocenters. The summed E-state index contributed by atoms with van der Waals surface area (Å²) in [5, 5.41) is 6.61. The van der Waals surface area contributed by atoms with Crippen LogP contribution in [0.3, 0.4) is 0 Å². The van der Waals surface area contributed by atoms with Crippen molar-refractivity contribution >= 4 is 11.6 Å². The second-order valence-corrected chi connectivity index (χ2v) is 6.50. The average Bonchev–Trinajstić information content (AvgIpc) is 2.89. The van der Waals surface area contributed by atoms with E-state index in [2.05, 4.69) is 28.5 Å². The van der Waals surface area contributed by atoms with E-state index in [1.54, 1.807) is 0 Å². The number of nitrogens with zero attached hydrogens (tertiary/aromatic N) is 1. The fraction of sp³-hybridized carbons (Fsp3) is 0.588. The number of piperidine rings is 1. The van der Waals surface area contributed by atoms with E-state index in [4.69, 9.17) is 0 Å². The molecule has 2 unspecified atom stereocenters. The summed E-state index contributed by atoms with van der Waals surface area (Å²) in [5.74, 6) is 0.832. The van der Waals surface area contributed by atoms with Crippen molar-refractivity contribution in [2.75, 3.05) is 31.5 Å². The summed E-state index contributed by atoms with van der Waals surface area (Å²) in [7, 11) is 0. The number of hydrogen-bond acceptors (Lipinski definition) is 3. The number of rotatable bonds is 3. The third-order valence-electron chi connectivity index (χ3n) is 4.76. The fourth-order valence-corrected chi connectivity index (χ4v) is 3.61. The van der Waals surface area contributed by atoms with Crippen LogP contribution >= 0.6 is 0 Å². The molecule has 1 aromatic rings. The van der Waals surface area contributed by atoms with E-state index < -0.39 is 0 Å². The lowest BCUT2D eigenvalue weighted by Gasteiger charge is -2.34. The number of hydrogen-bond donors (Lipinski definition) is 2. The van der Waals surface area contributed by atoms with E-state index in [1.165, 1.54) is 18.4 Å². The van der Waals surface area contributed by atoms with Gasteiger partial charge in [-0.3, -0.25) is 9.69 Å². The van der Waals surface area contributed by atoms with Crippen molar-refractivity contribution in [1.82, 2.24) is 10.2 Å². The number of fused-ring (bicyclic) bond motifs is 1. The number of likely N-dealkylation sites (tertiary alicyclic amines) is 1. The van der Waals surface area contributed by atoms with Gasteiger partial charge in [-0.05, 0) is 50.8 Å². The average molecular weight is 287 g/mol. The van der Waals surface area contributed by atoms with Crippen LogP contribution in [0.4, 0.5) is 5.69 Å². The predicted molar refractivity (Wildman–Crippen MR) is 85.5 cm³/mol. The molecule has 2 N–H and O–H groups in total. The molecule has 2 aliphatic heterocycles. The standard InChI is InChI=1S/C17H25N3O/c1-12-3-4-15(13(2)9-12)19-17(21)11-20-8-6-16-14(10-20)5-7-18-16/h3-4,9,14,16,18H,5-8,10-11H2,1-2H3,(H,19,21). The van der Waals surface area contributed by atoms with E-state index >= 15 is 0 Å². The first-order chi connectivity index (χ1) is 10.1. The number of nitrogens with one attached hydrogen (secondary N) is 2. The monoisotopic (exact) mass is 287 g/mol. The molecule has 2 fully saturated rings. The van der Waals surface area contributed by atoms with Gasteiger partial charge in [0, 0.05) is 24.8 Å². The molecule has 21 heavy (non-hydrogen) atoms. The van der Waals surface area contributed by atoms with Crippen LogP contribution in [0.25, 0.3) is 0 Å². The Labute approximate surface area is 126 Å². The van der Waals surface area contributed by atoms with E-state index in [0.717, 1.165) is 36.8 Å². The van der Waals surface area contributed by atoms with Crippen molar-refractivity contribution in [2.45, 2.75) is 32.7 Å². The van der Waals surface area contributed by atoms with E-state index in [1.807, 2.05) is 19.1 Å². The summed E-state index contributed by atoms with van der Waals surface area (Å²) in [6.07, 6.45) is 2.42. The molecule has 3 rings (SSSR count). The summed E-state index contributed by atoms with van der Waals surface area (Å²) in [6.45, 7) is 7.83. The fourth-order valence-electron chi connectivity index (χ4n) is 3.61. The minimum absolute atomic E-state index is 0.103. The molecule has 0 bridgehead atoms. The topological polar surface area (TPSA) is 44.4 Å². The first-order valence-corrected chi connectivity index (χ1v) is 7.94. The normalized spacial score (nSPS) is 25.6. The Morgan fingerprint density at radius 1 is 1.38 bits per heavy atom.